The molecule has 9 nitrogen and oxygen atoms in total. The van der Waals surface area contributed by atoms with Crippen molar-refractivity contribution in [1.82, 2.24) is 19.9 Å². The van der Waals surface area contributed by atoms with Crippen LogP contribution in [0.4, 0.5) is 0 Å². The van der Waals surface area contributed by atoms with E-state index in [4.69, 9.17) is 14.5 Å². The maximum absolute atomic E-state index is 9.84. The molecule has 4 atom stereocenters. The highest BCUT2D eigenvalue weighted by Gasteiger charge is 2.31. The van der Waals surface area contributed by atoms with Crippen LogP contribution < -0.4 is 10.7 Å². The van der Waals surface area contributed by atoms with Crippen molar-refractivity contribution in [3.8, 4) is 11.8 Å². The van der Waals surface area contributed by atoms with E-state index in [0.29, 0.717) is 24.7 Å². The molecule has 3 unspecified atom stereocenters. The van der Waals surface area contributed by atoms with E-state index >= 15 is 0 Å². The van der Waals surface area contributed by atoms with E-state index in [9.17, 15) is 10.2 Å². The summed E-state index contributed by atoms with van der Waals surface area (Å²) in [6.45, 7) is 0.530. The number of aliphatic hydroxyl groups is 2. The minimum absolute atomic E-state index is 0.00757. The van der Waals surface area contributed by atoms with Crippen molar-refractivity contribution in [1.29, 1.82) is 0 Å². The molecule has 0 saturated heterocycles. The molecular formula is C26H33N5O4. The molecule has 2 aliphatic carbocycles. The van der Waals surface area contributed by atoms with Crippen LogP contribution in [0.3, 0.4) is 0 Å². The Kier molecular flexibility index (Phi) is 8.18. The lowest BCUT2D eigenvalue weighted by Crippen LogP contribution is -2.40. The smallest absolute Gasteiger partial charge is 0.119 e. The monoisotopic (exact) mass is 479 g/mol. The number of aliphatic hydroxyl groups excluding tert-OH is 2. The number of allylic oxidation sites excluding steroid dienone is 1. The number of ether oxygens (including phenoxy) is 2. The molecule has 0 amide bonds. The quantitative estimate of drug-likeness (QED) is 0.441. The Morgan fingerprint density at radius 2 is 2.06 bits per heavy atom. The van der Waals surface area contributed by atoms with Crippen molar-refractivity contribution in [3.05, 3.63) is 46.2 Å². The molecule has 0 bridgehead atoms. The van der Waals surface area contributed by atoms with Crippen LogP contribution in [0.15, 0.2) is 34.9 Å². The van der Waals surface area contributed by atoms with Crippen LogP contribution in [0, 0.1) is 11.8 Å². The molecule has 35 heavy (non-hydrogen) atoms. The van der Waals surface area contributed by atoms with Crippen molar-refractivity contribution in [2.24, 2.45) is 5.10 Å². The van der Waals surface area contributed by atoms with Gasteiger partial charge in [0.25, 0.3) is 0 Å². The summed E-state index contributed by atoms with van der Waals surface area (Å²) in [6, 6.07) is -0.186. The first kappa shape index (κ1) is 24.9. The molecule has 2 heterocycles. The third-order valence-corrected chi connectivity index (χ3v) is 6.56. The maximum atomic E-state index is 9.84. The molecule has 0 saturated carbocycles. The van der Waals surface area contributed by atoms with E-state index < -0.39 is 0 Å². The first-order valence-electron chi connectivity index (χ1n) is 11.9. The molecular weight excluding hydrogens is 446 g/mol. The number of methoxy groups -OCH3 is 2. The summed E-state index contributed by atoms with van der Waals surface area (Å²) < 4.78 is 11.1. The number of hydrogen-bond acceptors (Lipinski definition) is 9. The van der Waals surface area contributed by atoms with Gasteiger partial charge in [-0.15, -0.1) is 0 Å². The Balaban J connectivity index is 1.68. The lowest BCUT2D eigenvalue weighted by Gasteiger charge is -2.33. The van der Waals surface area contributed by atoms with Gasteiger partial charge in [-0.1, -0.05) is 11.8 Å². The van der Waals surface area contributed by atoms with E-state index in [1.807, 2.05) is 36.5 Å². The van der Waals surface area contributed by atoms with E-state index in [-0.39, 0.29) is 37.3 Å². The Morgan fingerprint density at radius 1 is 1.20 bits per heavy atom. The number of hydrazone groups is 1. The van der Waals surface area contributed by atoms with Gasteiger partial charge in [0.1, 0.15) is 11.8 Å². The van der Waals surface area contributed by atoms with Gasteiger partial charge in [-0.25, -0.2) is 4.98 Å². The number of rotatable bonds is 10. The summed E-state index contributed by atoms with van der Waals surface area (Å²) in [5.74, 6) is 7.10. The summed E-state index contributed by atoms with van der Waals surface area (Å²) in [5.41, 5.74) is 1.81. The zero-order valence-corrected chi connectivity index (χ0v) is 20.5. The van der Waals surface area contributed by atoms with Gasteiger partial charge >= 0.3 is 0 Å². The van der Waals surface area contributed by atoms with Gasteiger partial charge in [-0.3, -0.25) is 9.99 Å². The number of likely N-dealkylation sites (N-methyl/N-ethyl adjacent to an activating group) is 1. The molecule has 1 aromatic heterocycles. The standard InChI is InChI=1S/C26H33N5O4/c1-30-26(8-5-10-32)22(16-28-30)25-17-27-23-7-4-6-18(14-24(23)29-25)31(9-11-33)19-12-20(34-2)15-21(13-19)35-3/h7,12,14-18,21-22,26,32-33H,5,8-11,13H2,1-3H3/t18?,21-,22?,26?/m1/s1. The molecule has 1 aromatic rings. The number of fused-ring (bicyclic) bond motifs is 1. The minimum atomic E-state index is -0.311. The normalized spacial score (nSPS) is 24.8. The van der Waals surface area contributed by atoms with Crippen molar-refractivity contribution >= 4 is 18.4 Å². The van der Waals surface area contributed by atoms with Gasteiger partial charge in [-0.2, -0.15) is 5.10 Å². The summed E-state index contributed by atoms with van der Waals surface area (Å²) in [6.07, 6.45) is 13.4. The van der Waals surface area contributed by atoms with E-state index in [0.717, 1.165) is 28.9 Å². The van der Waals surface area contributed by atoms with Gasteiger partial charge < -0.3 is 24.6 Å². The zero-order chi connectivity index (χ0) is 24.8. The van der Waals surface area contributed by atoms with Gasteiger partial charge in [0.15, 0.2) is 0 Å². The van der Waals surface area contributed by atoms with Crippen LogP contribution in [-0.4, -0.2) is 95.5 Å². The summed E-state index contributed by atoms with van der Waals surface area (Å²) in [5, 5.41) is 27.0. The van der Waals surface area contributed by atoms with Crippen molar-refractivity contribution in [2.75, 3.05) is 41.0 Å². The fraction of sp³-hybridized carbons (Fsp3) is 0.500. The molecule has 3 aliphatic rings. The van der Waals surface area contributed by atoms with Crippen LogP contribution in [-0.2, 0) is 9.47 Å². The molecule has 0 aromatic carbocycles. The van der Waals surface area contributed by atoms with Gasteiger partial charge in [-0.05, 0) is 31.1 Å². The molecule has 4 rings (SSSR count). The third-order valence-electron chi connectivity index (χ3n) is 6.56. The maximum Gasteiger partial charge on any atom is 0.119 e. The van der Waals surface area contributed by atoms with Crippen LogP contribution in [0.25, 0.3) is 12.2 Å². The minimum Gasteiger partial charge on any atom is -0.497 e. The van der Waals surface area contributed by atoms with Gasteiger partial charge in [0.2, 0.25) is 0 Å². The van der Waals surface area contributed by atoms with E-state index in [1.165, 1.54) is 0 Å². The van der Waals surface area contributed by atoms with Crippen molar-refractivity contribution in [2.45, 2.75) is 43.4 Å². The predicted octanol–water partition coefficient (Wildman–Crippen LogP) is -0.294. The molecule has 0 spiro atoms. The largest absolute Gasteiger partial charge is 0.497 e. The molecule has 9 heteroatoms. The highest BCUT2D eigenvalue weighted by molar-refractivity contribution is 5.70. The van der Waals surface area contributed by atoms with Gasteiger partial charge in [0.05, 0.1) is 48.2 Å². The second-order valence-corrected chi connectivity index (χ2v) is 8.71. The Labute approximate surface area is 205 Å². The Morgan fingerprint density at radius 3 is 2.80 bits per heavy atom. The predicted molar refractivity (Wildman–Crippen MR) is 133 cm³/mol. The highest BCUT2D eigenvalue weighted by Crippen LogP contribution is 2.28. The molecule has 0 radical (unpaired) electrons. The summed E-state index contributed by atoms with van der Waals surface area (Å²) in [7, 11) is 5.25. The molecule has 0 fully saturated rings. The van der Waals surface area contributed by atoms with Crippen molar-refractivity contribution < 1.29 is 19.7 Å². The SMILES string of the molecule is COC1=C[C@H](OC)CC(N(CCO)C2C#CC=c3ncc(C4C=NN(C)C4CCCO)nc3=C2)=C1. The van der Waals surface area contributed by atoms with Crippen molar-refractivity contribution in [3.63, 3.8) is 0 Å². The first-order chi connectivity index (χ1) is 17.1. The van der Waals surface area contributed by atoms with Crippen LogP contribution in [0.1, 0.15) is 30.9 Å². The lowest BCUT2D eigenvalue weighted by molar-refractivity contribution is 0.120. The van der Waals surface area contributed by atoms with Crippen LogP contribution in [0.5, 0.6) is 0 Å². The Hall–Kier alpha value is -3.19. The van der Waals surface area contributed by atoms with E-state index in [1.54, 1.807) is 26.5 Å². The summed E-state index contributed by atoms with van der Waals surface area (Å²) >= 11 is 0. The molecule has 1 aliphatic heterocycles. The fourth-order valence-corrected chi connectivity index (χ4v) is 4.68. The van der Waals surface area contributed by atoms with Gasteiger partial charge in [0, 0.05) is 57.9 Å². The fourth-order valence-electron chi connectivity index (χ4n) is 4.68. The Bertz CT molecular complexity index is 1180. The van der Waals surface area contributed by atoms with E-state index in [2.05, 4.69) is 26.8 Å². The second kappa shape index (κ2) is 11.5. The zero-order valence-electron chi connectivity index (χ0n) is 20.5. The average molecular weight is 480 g/mol. The second-order valence-electron chi connectivity index (χ2n) is 8.71. The average Bonchev–Trinajstić information content (AvgIpc) is 3.11. The number of hydrogen-bond donors (Lipinski definition) is 2. The number of aromatic nitrogens is 2. The lowest BCUT2D eigenvalue weighted by atomic mass is 9.94. The number of nitrogens with zero attached hydrogens (tertiary/aromatic N) is 5. The van der Waals surface area contributed by atoms with Crippen LogP contribution in [0.2, 0.25) is 0 Å². The summed E-state index contributed by atoms with van der Waals surface area (Å²) in [4.78, 5) is 11.7. The highest BCUT2D eigenvalue weighted by atomic mass is 16.5. The molecule has 2 N–H and O–H groups in total. The first-order valence-corrected chi connectivity index (χ1v) is 11.9. The molecule has 186 valence electrons. The third kappa shape index (κ3) is 5.56. The topological polar surface area (TPSA) is 104 Å². The van der Waals surface area contributed by atoms with Crippen LogP contribution >= 0.6 is 0 Å².